The van der Waals surface area contributed by atoms with E-state index in [-0.39, 0.29) is 11.9 Å². The highest BCUT2D eigenvalue weighted by molar-refractivity contribution is 5.38. The fourth-order valence-electron chi connectivity index (χ4n) is 2.22. The molecular weight excluding hydrogens is 255 g/mol. The summed E-state index contributed by atoms with van der Waals surface area (Å²) < 4.78 is 18.8. The second kappa shape index (κ2) is 6.48. The van der Waals surface area contributed by atoms with Crippen molar-refractivity contribution in [1.29, 1.82) is 0 Å². The number of methoxy groups -OCH3 is 1. The van der Waals surface area contributed by atoms with Crippen molar-refractivity contribution < 1.29 is 9.13 Å². The third-order valence-corrected chi connectivity index (χ3v) is 3.22. The summed E-state index contributed by atoms with van der Waals surface area (Å²) in [5.74, 6) is 0.525. The summed E-state index contributed by atoms with van der Waals surface area (Å²) in [6.45, 7) is 4.57. The summed E-state index contributed by atoms with van der Waals surface area (Å²) in [6, 6.07) is 8.71. The SMILES string of the molecule is CCNC(c1ccc(F)c(C)c1)c1ncccc1OC. The lowest BCUT2D eigenvalue weighted by Gasteiger charge is -2.20. The molecule has 0 amide bonds. The molecule has 2 aromatic rings. The van der Waals surface area contributed by atoms with Gasteiger partial charge in [-0.1, -0.05) is 19.1 Å². The van der Waals surface area contributed by atoms with Crippen LogP contribution in [0.15, 0.2) is 36.5 Å². The highest BCUT2D eigenvalue weighted by Gasteiger charge is 2.19. The maximum absolute atomic E-state index is 13.4. The summed E-state index contributed by atoms with van der Waals surface area (Å²) in [4.78, 5) is 4.42. The molecule has 4 heteroatoms. The van der Waals surface area contributed by atoms with Gasteiger partial charge >= 0.3 is 0 Å². The van der Waals surface area contributed by atoms with Crippen molar-refractivity contribution in [3.05, 3.63) is 59.2 Å². The first-order valence-electron chi connectivity index (χ1n) is 6.65. The van der Waals surface area contributed by atoms with E-state index < -0.39 is 0 Å². The zero-order valence-corrected chi connectivity index (χ0v) is 12.0. The number of ether oxygens (including phenoxy) is 1. The molecule has 20 heavy (non-hydrogen) atoms. The summed E-state index contributed by atoms with van der Waals surface area (Å²) in [5, 5.41) is 3.37. The van der Waals surface area contributed by atoms with Crippen LogP contribution in [-0.4, -0.2) is 18.6 Å². The van der Waals surface area contributed by atoms with Gasteiger partial charge in [0.25, 0.3) is 0 Å². The largest absolute Gasteiger partial charge is 0.495 e. The molecule has 0 saturated carbocycles. The highest BCUT2D eigenvalue weighted by Crippen LogP contribution is 2.28. The normalized spacial score (nSPS) is 12.2. The Morgan fingerprint density at radius 2 is 2.15 bits per heavy atom. The molecule has 0 bridgehead atoms. The van der Waals surface area contributed by atoms with Crippen LogP contribution in [0.1, 0.15) is 29.8 Å². The lowest BCUT2D eigenvalue weighted by atomic mass is 10.00. The Balaban J connectivity index is 2.47. The molecular formula is C16H19FN2O. The van der Waals surface area contributed by atoms with Crippen LogP contribution < -0.4 is 10.1 Å². The van der Waals surface area contributed by atoms with Gasteiger partial charge in [-0.3, -0.25) is 4.98 Å². The number of nitrogens with zero attached hydrogens (tertiary/aromatic N) is 1. The molecule has 0 saturated heterocycles. The Labute approximate surface area is 118 Å². The molecule has 106 valence electrons. The van der Waals surface area contributed by atoms with Crippen molar-refractivity contribution >= 4 is 0 Å². The number of aryl methyl sites for hydroxylation is 1. The zero-order chi connectivity index (χ0) is 14.5. The molecule has 0 fully saturated rings. The van der Waals surface area contributed by atoms with Gasteiger partial charge < -0.3 is 10.1 Å². The molecule has 2 rings (SSSR count). The summed E-state index contributed by atoms with van der Waals surface area (Å²) in [5.41, 5.74) is 2.41. The quantitative estimate of drug-likeness (QED) is 0.909. The van der Waals surface area contributed by atoms with Crippen molar-refractivity contribution in [2.24, 2.45) is 0 Å². The maximum Gasteiger partial charge on any atom is 0.142 e. The van der Waals surface area contributed by atoms with Gasteiger partial charge in [0.2, 0.25) is 0 Å². The molecule has 1 unspecified atom stereocenters. The van der Waals surface area contributed by atoms with Gasteiger partial charge in [0.15, 0.2) is 0 Å². The van der Waals surface area contributed by atoms with Crippen LogP contribution >= 0.6 is 0 Å². The summed E-state index contributed by atoms with van der Waals surface area (Å²) in [7, 11) is 1.62. The minimum absolute atomic E-state index is 0.115. The van der Waals surface area contributed by atoms with Gasteiger partial charge in [-0.05, 0) is 42.8 Å². The number of rotatable bonds is 5. The van der Waals surface area contributed by atoms with Gasteiger partial charge in [0.1, 0.15) is 17.3 Å². The second-order valence-corrected chi connectivity index (χ2v) is 4.59. The molecule has 0 radical (unpaired) electrons. The first-order chi connectivity index (χ1) is 9.67. The predicted molar refractivity (Wildman–Crippen MR) is 77.4 cm³/mol. The van der Waals surface area contributed by atoms with Gasteiger partial charge in [-0.25, -0.2) is 4.39 Å². The summed E-state index contributed by atoms with van der Waals surface area (Å²) >= 11 is 0. The molecule has 1 N–H and O–H groups in total. The van der Waals surface area contributed by atoms with Crippen molar-refractivity contribution in [3.8, 4) is 5.75 Å². The van der Waals surface area contributed by atoms with E-state index >= 15 is 0 Å². The second-order valence-electron chi connectivity index (χ2n) is 4.59. The van der Waals surface area contributed by atoms with Crippen molar-refractivity contribution in [2.45, 2.75) is 19.9 Å². The standard InChI is InChI=1S/C16H19FN2O/c1-4-18-15(12-7-8-13(17)11(2)10-12)16-14(20-3)6-5-9-19-16/h5-10,15,18H,4H2,1-3H3. The van der Waals surface area contributed by atoms with Crippen molar-refractivity contribution in [1.82, 2.24) is 10.3 Å². The number of hydrogen-bond acceptors (Lipinski definition) is 3. The molecule has 1 aromatic carbocycles. The highest BCUT2D eigenvalue weighted by atomic mass is 19.1. The lowest BCUT2D eigenvalue weighted by molar-refractivity contribution is 0.400. The van der Waals surface area contributed by atoms with Crippen molar-refractivity contribution in [3.63, 3.8) is 0 Å². The minimum Gasteiger partial charge on any atom is -0.495 e. The van der Waals surface area contributed by atoms with Gasteiger partial charge in [-0.2, -0.15) is 0 Å². The van der Waals surface area contributed by atoms with E-state index in [9.17, 15) is 4.39 Å². The Morgan fingerprint density at radius 3 is 2.80 bits per heavy atom. The van der Waals surface area contributed by atoms with E-state index in [1.165, 1.54) is 6.07 Å². The van der Waals surface area contributed by atoms with E-state index in [2.05, 4.69) is 10.3 Å². The van der Waals surface area contributed by atoms with Crippen LogP contribution in [-0.2, 0) is 0 Å². The van der Waals surface area contributed by atoms with Crippen LogP contribution in [0.4, 0.5) is 4.39 Å². The Bertz CT molecular complexity index is 586. The van der Waals surface area contributed by atoms with E-state index in [4.69, 9.17) is 4.74 Å². The molecule has 0 spiro atoms. The van der Waals surface area contributed by atoms with E-state index in [0.717, 1.165) is 23.6 Å². The first kappa shape index (κ1) is 14.5. The zero-order valence-electron chi connectivity index (χ0n) is 12.0. The maximum atomic E-state index is 13.4. The molecule has 0 aliphatic rings. The first-order valence-corrected chi connectivity index (χ1v) is 6.65. The lowest BCUT2D eigenvalue weighted by Crippen LogP contribution is -2.23. The van der Waals surface area contributed by atoms with E-state index in [1.807, 2.05) is 25.1 Å². The average molecular weight is 274 g/mol. The van der Waals surface area contributed by atoms with Crippen LogP contribution in [0.3, 0.4) is 0 Å². The molecule has 0 aliphatic carbocycles. The monoisotopic (exact) mass is 274 g/mol. The van der Waals surface area contributed by atoms with Crippen LogP contribution in [0.2, 0.25) is 0 Å². The molecule has 1 heterocycles. The Morgan fingerprint density at radius 1 is 1.35 bits per heavy atom. The molecule has 1 atom stereocenters. The van der Waals surface area contributed by atoms with Crippen LogP contribution in [0, 0.1) is 12.7 Å². The van der Waals surface area contributed by atoms with Crippen LogP contribution in [0.5, 0.6) is 5.75 Å². The number of benzene rings is 1. The smallest absolute Gasteiger partial charge is 0.142 e. The summed E-state index contributed by atoms with van der Waals surface area (Å²) in [6.07, 6.45) is 1.73. The molecule has 0 aliphatic heterocycles. The van der Waals surface area contributed by atoms with E-state index in [0.29, 0.717) is 5.56 Å². The van der Waals surface area contributed by atoms with Gasteiger partial charge in [0, 0.05) is 6.20 Å². The number of halogens is 1. The Kier molecular flexibility index (Phi) is 4.69. The third kappa shape index (κ3) is 2.96. The molecule has 1 aromatic heterocycles. The molecule has 3 nitrogen and oxygen atoms in total. The number of pyridine rings is 1. The fraction of sp³-hybridized carbons (Fsp3) is 0.312. The van der Waals surface area contributed by atoms with Gasteiger partial charge in [0.05, 0.1) is 13.2 Å². The van der Waals surface area contributed by atoms with Crippen molar-refractivity contribution in [2.75, 3.05) is 13.7 Å². The predicted octanol–water partition coefficient (Wildman–Crippen LogP) is 3.24. The number of aromatic nitrogens is 1. The number of nitrogens with one attached hydrogen (secondary N) is 1. The van der Waals surface area contributed by atoms with E-state index in [1.54, 1.807) is 26.3 Å². The van der Waals surface area contributed by atoms with Gasteiger partial charge in [-0.15, -0.1) is 0 Å². The fourth-order valence-corrected chi connectivity index (χ4v) is 2.22. The van der Waals surface area contributed by atoms with Crippen LogP contribution in [0.25, 0.3) is 0 Å². The number of hydrogen-bond donors (Lipinski definition) is 1. The third-order valence-electron chi connectivity index (χ3n) is 3.22. The topological polar surface area (TPSA) is 34.2 Å². The minimum atomic E-state index is -0.197. The Hall–Kier alpha value is -1.94. The average Bonchev–Trinajstić information content (AvgIpc) is 2.48.